The second kappa shape index (κ2) is 11.5. The van der Waals surface area contributed by atoms with Gasteiger partial charge < -0.3 is 18.9 Å². The zero-order chi connectivity index (χ0) is 25.8. The molecule has 1 aromatic carbocycles. The third kappa shape index (κ3) is 6.20. The largest absolute Gasteiger partial charge is 0.598 e. The molecule has 2 aliphatic rings. The Kier molecular flexibility index (Phi) is 8.57. The van der Waals surface area contributed by atoms with Crippen LogP contribution < -0.4 is 9.46 Å². The molecule has 1 amide bonds. The molecule has 36 heavy (non-hydrogen) atoms. The Bertz CT molecular complexity index is 985. The summed E-state index contributed by atoms with van der Waals surface area (Å²) in [6.45, 7) is 12.0. The van der Waals surface area contributed by atoms with E-state index in [2.05, 4.69) is 15.7 Å². The zero-order valence-corrected chi connectivity index (χ0v) is 22.6. The summed E-state index contributed by atoms with van der Waals surface area (Å²) in [7, 11) is 0. The fourth-order valence-corrected chi connectivity index (χ4v) is 5.60. The van der Waals surface area contributed by atoms with Crippen molar-refractivity contribution in [2.75, 3.05) is 39.4 Å². The first kappa shape index (κ1) is 26.9. The predicted molar refractivity (Wildman–Crippen MR) is 141 cm³/mol. The van der Waals surface area contributed by atoms with Crippen molar-refractivity contribution in [1.82, 2.24) is 19.5 Å². The number of benzene rings is 1. The van der Waals surface area contributed by atoms with Crippen LogP contribution in [0.1, 0.15) is 57.8 Å². The molecule has 3 heterocycles. The molecular formula is C27H38N4O4S. The molecule has 2 aliphatic heterocycles. The monoisotopic (exact) mass is 514 g/mol. The number of carbonyl (C=O) groups excluding carboxylic acids is 1. The van der Waals surface area contributed by atoms with Crippen LogP contribution in [0.3, 0.4) is 0 Å². The molecule has 0 saturated carbocycles. The van der Waals surface area contributed by atoms with E-state index in [4.69, 9.17) is 14.5 Å². The van der Waals surface area contributed by atoms with Gasteiger partial charge in [-0.2, -0.15) is 0 Å². The van der Waals surface area contributed by atoms with Crippen molar-refractivity contribution >= 4 is 17.5 Å². The van der Waals surface area contributed by atoms with Gasteiger partial charge in [-0.1, -0.05) is 24.3 Å². The second-order valence-corrected chi connectivity index (χ2v) is 12.5. The van der Waals surface area contributed by atoms with Gasteiger partial charge in [0.25, 0.3) is 0 Å². The van der Waals surface area contributed by atoms with Gasteiger partial charge in [0.15, 0.2) is 0 Å². The van der Waals surface area contributed by atoms with Crippen molar-refractivity contribution in [3.63, 3.8) is 0 Å². The number of pyridine rings is 1. The molecule has 8 nitrogen and oxygen atoms in total. The normalized spacial score (nSPS) is 20.5. The van der Waals surface area contributed by atoms with Crippen LogP contribution in [-0.2, 0) is 21.6 Å². The molecule has 0 unspecified atom stereocenters. The van der Waals surface area contributed by atoms with Crippen LogP contribution >= 0.6 is 0 Å². The van der Waals surface area contributed by atoms with Crippen molar-refractivity contribution in [2.24, 2.45) is 0 Å². The highest BCUT2D eigenvalue weighted by Crippen LogP contribution is 2.39. The zero-order valence-electron chi connectivity index (χ0n) is 21.7. The van der Waals surface area contributed by atoms with E-state index >= 15 is 0 Å². The number of amides is 1. The summed E-state index contributed by atoms with van der Waals surface area (Å²) >= 11 is -1.17. The highest BCUT2D eigenvalue weighted by Gasteiger charge is 2.42. The van der Waals surface area contributed by atoms with Gasteiger partial charge >= 0.3 is 6.09 Å². The van der Waals surface area contributed by atoms with Crippen molar-refractivity contribution in [2.45, 2.75) is 56.9 Å². The molecule has 2 atom stereocenters. The molecule has 0 aliphatic carbocycles. The number of nitrogens with one attached hydrogen (secondary N) is 1. The summed E-state index contributed by atoms with van der Waals surface area (Å²) in [5.41, 5.74) is 1.86. The van der Waals surface area contributed by atoms with Crippen LogP contribution in [0, 0.1) is 0 Å². The fraction of sp³-hybridized carbons (Fsp3) is 0.556. The SMILES string of the molecule is C[C@H](N[S@+]([O-])C(C)(C)C)c1ccc(C2(N3CCN(C(=O)Oc4ccccc4)CC3)CCOCC2)cn1. The molecule has 9 heteroatoms. The Morgan fingerprint density at radius 3 is 2.36 bits per heavy atom. The highest BCUT2D eigenvalue weighted by molar-refractivity contribution is 7.90. The molecule has 0 bridgehead atoms. The average molecular weight is 515 g/mol. The summed E-state index contributed by atoms with van der Waals surface area (Å²) in [6.07, 6.45) is 3.42. The number of para-hydroxylation sites is 1. The predicted octanol–water partition coefficient (Wildman–Crippen LogP) is 4.02. The molecule has 0 radical (unpaired) electrons. The Morgan fingerprint density at radius 1 is 1.11 bits per heavy atom. The molecule has 2 saturated heterocycles. The highest BCUT2D eigenvalue weighted by atomic mass is 32.2. The number of aromatic nitrogens is 1. The number of carbonyl (C=O) groups is 1. The van der Waals surface area contributed by atoms with E-state index in [1.807, 2.05) is 58.2 Å². The Morgan fingerprint density at radius 2 is 1.78 bits per heavy atom. The maximum absolute atomic E-state index is 12.7. The standard InChI is InChI=1S/C27H38N4O4S/c1-21(29-36(33)26(2,3)4)24-11-10-22(20-28-24)27(12-18-34-19-13-27)31-16-14-30(15-17-31)25(32)35-23-8-6-5-7-9-23/h5-11,20-21,29H,12-19H2,1-4H3/t21-,36+/m0/s1. The van der Waals surface area contributed by atoms with Crippen molar-refractivity contribution in [1.29, 1.82) is 0 Å². The molecule has 1 N–H and O–H groups in total. The molecule has 0 spiro atoms. The van der Waals surface area contributed by atoms with Crippen LogP contribution in [0.2, 0.25) is 0 Å². The van der Waals surface area contributed by atoms with E-state index in [0.29, 0.717) is 32.1 Å². The van der Waals surface area contributed by atoms with Crippen molar-refractivity contribution in [3.05, 3.63) is 59.9 Å². The Balaban J connectivity index is 1.43. The number of hydrogen-bond acceptors (Lipinski definition) is 7. The van der Waals surface area contributed by atoms with Gasteiger partial charge in [0.2, 0.25) is 0 Å². The lowest BCUT2D eigenvalue weighted by atomic mass is 9.81. The molecule has 2 aromatic rings. The van der Waals surface area contributed by atoms with Crippen LogP contribution in [0.5, 0.6) is 5.75 Å². The lowest BCUT2D eigenvalue weighted by Crippen LogP contribution is -2.58. The number of nitrogens with zero attached hydrogens (tertiary/aromatic N) is 3. The van der Waals surface area contributed by atoms with Gasteiger partial charge in [-0.15, -0.1) is 4.72 Å². The maximum atomic E-state index is 12.7. The number of rotatable bonds is 6. The van der Waals surface area contributed by atoms with E-state index in [1.165, 1.54) is 5.56 Å². The van der Waals surface area contributed by atoms with Crippen molar-refractivity contribution in [3.8, 4) is 5.75 Å². The van der Waals surface area contributed by atoms with E-state index in [9.17, 15) is 9.35 Å². The number of ether oxygens (including phenoxy) is 2. The third-order valence-electron chi connectivity index (χ3n) is 7.02. The van der Waals surface area contributed by atoms with Crippen LogP contribution in [0.15, 0.2) is 48.7 Å². The topological polar surface area (TPSA) is 90.0 Å². The molecule has 1 aromatic heterocycles. The van der Waals surface area contributed by atoms with Gasteiger partial charge in [-0.3, -0.25) is 9.88 Å². The summed E-state index contributed by atoms with van der Waals surface area (Å²) in [6, 6.07) is 13.3. The van der Waals surface area contributed by atoms with Crippen LogP contribution in [-0.4, -0.2) is 69.6 Å². The van der Waals surface area contributed by atoms with Gasteiger partial charge in [0.05, 0.1) is 17.3 Å². The van der Waals surface area contributed by atoms with Gasteiger partial charge in [-0.05, 0) is 64.3 Å². The average Bonchev–Trinajstić information content (AvgIpc) is 2.89. The quantitative estimate of drug-likeness (QED) is 0.583. The van der Waals surface area contributed by atoms with Gasteiger partial charge in [-0.25, -0.2) is 4.79 Å². The van der Waals surface area contributed by atoms with E-state index < -0.39 is 11.4 Å². The van der Waals surface area contributed by atoms with Crippen LogP contribution in [0.4, 0.5) is 4.79 Å². The molecule has 2 fully saturated rings. The van der Waals surface area contributed by atoms with Gasteiger partial charge in [0.1, 0.15) is 10.5 Å². The third-order valence-corrected chi connectivity index (χ3v) is 8.70. The number of piperazine rings is 1. The van der Waals surface area contributed by atoms with Crippen molar-refractivity contribution < 1.29 is 18.8 Å². The molecule has 4 rings (SSSR count). The first-order valence-electron chi connectivity index (χ1n) is 12.7. The summed E-state index contributed by atoms with van der Waals surface area (Å²) in [5.74, 6) is 0.562. The molecule has 196 valence electrons. The van der Waals surface area contributed by atoms with E-state index in [0.717, 1.165) is 31.6 Å². The summed E-state index contributed by atoms with van der Waals surface area (Å²) < 4.78 is 26.6. The van der Waals surface area contributed by atoms with Crippen LogP contribution in [0.25, 0.3) is 0 Å². The summed E-state index contributed by atoms with van der Waals surface area (Å²) in [5, 5.41) is 0. The minimum atomic E-state index is -1.17. The second-order valence-electron chi connectivity index (χ2n) is 10.5. The lowest BCUT2D eigenvalue weighted by molar-refractivity contribution is -0.0485. The summed E-state index contributed by atoms with van der Waals surface area (Å²) in [4.78, 5) is 21.7. The molecular weight excluding hydrogens is 476 g/mol. The van der Waals surface area contributed by atoms with E-state index in [-0.39, 0.29) is 22.4 Å². The van der Waals surface area contributed by atoms with E-state index in [1.54, 1.807) is 17.0 Å². The Labute approximate surface area is 217 Å². The van der Waals surface area contributed by atoms with Gasteiger partial charge in [0, 0.05) is 57.0 Å². The first-order valence-corrected chi connectivity index (χ1v) is 13.8. The maximum Gasteiger partial charge on any atom is 0.415 e. The minimum Gasteiger partial charge on any atom is -0.598 e. The smallest absolute Gasteiger partial charge is 0.415 e. The Hall–Kier alpha value is -2.17. The minimum absolute atomic E-state index is 0.121. The fourth-order valence-electron chi connectivity index (χ4n) is 4.80. The number of hydrogen-bond donors (Lipinski definition) is 1. The first-order chi connectivity index (χ1) is 17.2. The lowest BCUT2D eigenvalue weighted by Gasteiger charge is -2.49.